The molecule has 4 N–H and O–H groups in total. The molecule has 7 heteroatoms. The summed E-state index contributed by atoms with van der Waals surface area (Å²) in [6.45, 7) is 1.09. The first-order valence-electron chi connectivity index (χ1n) is 5.40. The van der Waals surface area contributed by atoms with Crippen molar-refractivity contribution in [1.82, 2.24) is 9.97 Å². The van der Waals surface area contributed by atoms with Crippen molar-refractivity contribution in [1.29, 1.82) is 0 Å². The lowest BCUT2D eigenvalue weighted by molar-refractivity contribution is -0.122. The summed E-state index contributed by atoms with van der Waals surface area (Å²) in [5, 5.41) is 0. The maximum Gasteiger partial charge on any atom is 0.222 e. The van der Waals surface area contributed by atoms with Crippen molar-refractivity contribution >= 4 is 17.7 Å². The fourth-order valence-corrected chi connectivity index (χ4v) is 1.97. The lowest BCUT2D eigenvalue weighted by Crippen LogP contribution is -2.39. The van der Waals surface area contributed by atoms with Crippen LogP contribution in [-0.2, 0) is 4.79 Å². The van der Waals surface area contributed by atoms with Gasteiger partial charge in [0, 0.05) is 19.0 Å². The quantitative estimate of drug-likeness (QED) is 0.751. The van der Waals surface area contributed by atoms with E-state index in [1.807, 2.05) is 0 Å². The van der Waals surface area contributed by atoms with Gasteiger partial charge in [-0.1, -0.05) is 0 Å². The van der Waals surface area contributed by atoms with Crippen molar-refractivity contribution in [2.24, 2.45) is 11.7 Å². The van der Waals surface area contributed by atoms with Crippen LogP contribution in [-0.4, -0.2) is 29.0 Å². The Kier molecular flexibility index (Phi) is 3.08. The zero-order valence-electron chi connectivity index (χ0n) is 9.27. The Labute approximate surface area is 97.8 Å². The predicted molar refractivity (Wildman–Crippen MR) is 60.5 cm³/mol. The molecule has 0 radical (unpaired) electrons. The van der Waals surface area contributed by atoms with E-state index in [-0.39, 0.29) is 23.6 Å². The van der Waals surface area contributed by atoms with Crippen LogP contribution in [0.3, 0.4) is 0 Å². The number of anilines is 2. The zero-order valence-corrected chi connectivity index (χ0v) is 9.27. The second kappa shape index (κ2) is 4.52. The minimum absolute atomic E-state index is 0.0402. The number of halogens is 1. The summed E-state index contributed by atoms with van der Waals surface area (Å²) >= 11 is 0. The number of hydrogen-bond acceptors (Lipinski definition) is 5. The largest absolute Gasteiger partial charge is 0.369 e. The van der Waals surface area contributed by atoms with Crippen molar-refractivity contribution in [3.05, 3.63) is 12.0 Å². The molecule has 0 aromatic carbocycles. The molecule has 1 aliphatic heterocycles. The Morgan fingerprint density at radius 3 is 2.71 bits per heavy atom. The van der Waals surface area contributed by atoms with E-state index in [0.717, 1.165) is 6.20 Å². The Hall–Kier alpha value is -1.92. The molecule has 1 amide bonds. The van der Waals surface area contributed by atoms with Crippen molar-refractivity contribution in [2.75, 3.05) is 23.7 Å². The van der Waals surface area contributed by atoms with Crippen LogP contribution in [0.15, 0.2) is 6.20 Å². The van der Waals surface area contributed by atoms with Crippen LogP contribution < -0.4 is 16.4 Å². The zero-order chi connectivity index (χ0) is 12.4. The first kappa shape index (κ1) is 11.6. The van der Waals surface area contributed by atoms with Gasteiger partial charge >= 0.3 is 0 Å². The number of amides is 1. The summed E-state index contributed by atoms with van der Waals surface area (Å²) in [6.07, 6.45) is 2.27. The molecule has 1 saturated heterocycles. The molecule has 1 aromatic rings. The molecule has 0 bridgehead atoms. The lowest BCUT2D eigenvalue weighted by atomic mass is 9.96. The van der Waals surface area contributed by atoms with Crippen LogP contribution in [0.4, 0.5) is 16.2 Å². The van der Waals surface area contributed by atoms with Crippen LogP contribution in [0.5, 0.6) is 0 Å². The molecule has 1 fully saturated rings. The highest BCUT2D eigenvalue weighted by Crippen LogP contribution is 2.23. The van der Waals surface area contributed by atoms with Gasteiger partial charge in [-0.25, -0.2) is 9.37 Å². The highest BCUT2D eigenvalue weighted by Gasteiger charge is 2.25. The van der Waals surface area contributed by atoms with E-state index in [0.29, 0.717) is 25.9 Å². The first-order valence-corrected chi connectivity index (χ1v) is 5.40. The van der Waals surface area contributed by atoms with Crippen LogP contribution in [0.1, 0.15) is 12.8 Å². The third-order valence-corrected chi connectivity index (χ3v) is 2.94. The minimum atomic E-state index is -0.503. The summed E-state index contributed by atoms with van der Waals surface area (Å²) in [7, 11) is 0. The van der Waals surface area contributed by atoms with Gasteiger partial charge < -0.3 is 16.4 Å². The molecule has 0 atom stereocenters. The Balaban J connectivity index is 2.10. The molecule has 1 aromatic heterocycles. The summed E-state index contributed by atoms with van der Waals surface area (Å²) in [5.74, 6) is -0.698. The van der Waals surface area contributed by atoms with Gasteiger partial charge in [-0.3, -0.25) is 4.79 Å². The van der Waals surface area contributed by atoms with Crippen molar-refractivity contribution in [3.8, 4) is 0 Å². The predicted octanol–water partition coefficient (Wildman–Crippen LogP) is -0.100. The van der Waals surface area contributed by atoms with E-state index in [9.17, 15) is 9.18 Å². The first-order chi connectivity index (χ1) is 8.08. The Morgan fingerprint density at radius 1 is 1.47 bits per heavy atom. The summed E-state index contributed by atoms with van der Waals surface area (Å²) in [6, 6.07) is 0. The summed E-state index contributed by atoms with van der Waals surface area (Å²) < 4.78 is 13.5. The van der Waals surface area contributed by atoms with Gasteiger partial charge in [0.2, 0.25) is 11.9 Å². The van der Waals surface area contributed by atoms with Crippen molar-refractivity contribution in [2.45, 2.75) is 12.8 Å². The Morgan fingerprint density at radius 2 is 2.12 bits per heavy atom. The number of nitrogens with zero attached hydrogens (tertiary/aromatic N) is 3. The molecule has 0 saturated carbocycles. The van der Waals surface area contributed by atoms with E-state index >= 15 is 0 Å². The molecule has 6 nitrogen and oxygen atoms in total. The fraction of sp³-hybridized carbons (Fsp3) is 0.500. The molecule has 0 unspecified atom stereocenters. The number of primary amides is 1. The molecule has 0 spiro atoms. The monoisotopic (exact) mass is 239 g/mol. The standard InChI is InChI=1S/C10H14FN5O/c11-7-5-14-10(13)15-9(7)16-3-1-6(2-4-16)8(12)17/h5-6H,1-4H2,(H2,12,17)(H2,13,14,15). The summed E-state index contributed by atoms with van der Waals surface area (Å²) in [5.41, 5.74) is 10.6. The number of nitrogens with two attached hydrogens (primary N) is 2. The van der Waals surface area contributed by atoms with Crippen LogP contribution >= 0.6 is 0 Å². The average Bonchev–Trinajstić information content (AvgIpc) is 2.32. The van der Waals surface area contributed by atoms with E-state index in [1.54, 1.807) is 4.90 Å². The van der Waals surface area contributed by atoms with E-state index in [2.05, 4.69) is 9.97 Å². The third kappa shape index (κ3) is 2.43. The molecule has 0 aliphatic carbocycles. The van der Waals surface area contributed by atoms with Crippen LogP contribution in [0.25, 0.3) is 0 Å². The van der Waals surface area contributed by atoms with Gasteiger partial charge in [0.1, 0.15) is 0 Å². The molecule has 92 valence electrons. The van der Waals surface area contributed by atoms with E-state index < -0.39 is 5.82 Å². The number of hydrogen-bond donors (Lipinski definition) is 2. The van der Waals surface area contributed by atoms with Gasteiger partial charge in [-0.05, 0) is 12.8 Å². The van der Waals surface area contributed by atoms with Gasteiger partial charge in [0.05, 0.1) is 6.20 Å². The van der Waals surface area contributed by atoms with Gasteiger partial charge in [0.25, 0.3) is 0 Å². The molecular formula is C10H14FN5O. The molecule has 17 heavy (non-hydrogen) atoms. The fourth-order valence-electron chi connectivity index (χ4n) is 1.97. The molecule has 2 heterocycles. The van der Waals surface area contributed by atoms with Gasteiger partial charge in [-0.15, -0.1) is 0 Å². The van der Waals surface area contributed by atoms with Crippen molar-refractivity contribution in [3.63, 3.8) is 0 Å². The average molecular weight is 239 g/mol. The van der Waals surface area contributed by atoms with E-state index in [1.165, 1.54) is 0 Å². The van der Waals surface area contributed by atoms with E-state index in [4.69, 9.17) is 11.5 Å². The van der Waals surface area contributed by atoms with Crippen LogP contribution in [0, 0.1) is 11.7 Å². The smallest absolute Gasteiger partial charge is 0.222 e. The SMILES string of the molecule is NC(=O)C1CCN(c2nc(N)ncc2F)CC1. The molecular weight excluding hydrogens is 225 g/mol. The lowest BCUT2D eigenvalue weighted by Gasteiger charge is -2.31. The number of nitrogen functional groups attached to an aromatic ring is 1. The number of rotatable bonds is 2. The van der Waals surface area contributed by atoms with Gasteiger partial charge in [-0.2, -0.15) is 4.98 Å². The molecule has 1 aliphatic rings. The van der Waals surface area contributed by atoms with Crippen LogP contribution in [0.2, 0.25) is 0 Å². The highest BCUT2D eigenvalue weighted by molar-refractivity contribution is 5.77. The number of aromatic nitrogens is 2. The number of carbonyl (C=O) groups excluding carboxylic acids is 1. The third-order valence-electron chi connectivity index (χ3n) is 2.94. The molecule has 2 rings (SSSR count). The topological polar surface area (TPSA) is 98.1 Å². The maximum absolute atomic E-state index is 13.5. The summed E-state index contributed by atoms with van der Waals surface area (Å²) in [4.78, 5) is 20.2. The second-order valence-corrected chi connectivity index (χ2v) is 4.06. The maximum atomic E-state index is 13.5. The Bertz CT molecular complexity index is 431. The second-order valence-electron chi connectivity index (χ2n) is 4.06. The minimum Gasteiger partial charge on any atom is -0.369 e. The number of piperidine rings is 1. The van der Waals surface area contributed by atoms with Gasteiger partial charge in [0.15, 0.2) is 11.6 Å². The highest BCUT2D eigenvalue weighted by atomic mass is 19.1. The van der Waals surface area contributed by atoms with Crippen molar-refractivity contribution < 1.29 is 9.18 Å². The number of carbonyl (C=O) groups is 1. The normalized spacial score (nSPS) is 17.1.